The number of nitro groups is 1. The van der Waals surface area contributed by atoms with Gasteiger partial charge in [0.25, 0.3) is 17.5 Å². The molecular weight excluding hydrogens is 386 g/mol. The fourth-order valence-electron chi connectivity index (χ4n) is 5.52. The van der Waals surface area contributed by atoms with Gasteiger partial charge in [-0.3, -0.25) is 19.7 Å². The molecule has 8 heteroatoms. The predicted molar refractivity (Wildman–Crippen MR) is 105 cm³/mol. The van der Waals surface area contributed by atoms with Gasteiger partial charge in [-0.25, -0.2) is 0 Å². The summed E-state index contributed by atoms with van der Waals surface area (Å²) >= 11 is 0. The van der Waals surface area contributed by atoms with Crippen molar-refractivity contribution in [3.05, 3.63) is 64.4 Å². The van der Waals surface area contributed by atoms with Gasteiger partial charge in [0.15, 0.2) is 0 Å². The fourth-order valence-corrected chi connectivity index (χ4v) is 5.52. The van der Waals surface area contributed by atoms with Gasteiger partial charge in [0, 0.05) is 17.7 Å². The highest BCUT2D eigenvalue weighted by atomic mass is 16.6. The lowest BCUT2D eigenvalue weighted by atomic mass is 9.63. The summed E-state index contributed by atoms with van der Waals surface area (Å²) in [6, 6.07) is 9.44. The number of amides is 2. The smallest absolute Gasteiger partial charge is 0.270 e. The van der Waals surface area contributed by atoms with Crippen LogP contribution in [0.2, 0.25) is 0 Å². The molecule has 0 unspecified atom stereocenters. The van der Waals surface area contributed by atoms with Gasteiger partial charge in [0.1, 0.15) is 11.5 Å². The largest absolute Gasteiger partial charge is 0.455 e. The van der Waals surface area contributed by atoms with Gasteiger partial charge in [-0.15, -0.1) is 0 Å². The van der Waals surface area contributed by atoms with Crippen molar-refractivity contribution in [2.24, 2.45) is 40.6 Å². The maximum Gasteiger partial charge on any atom is 0.270 e. The second kappa shape index (κ2) is 5.98. The number of imide groups is 1. The summed E-state index contributed by atoms with van der Waals surface area (Å²) in [5, 5.41) is 16.1. The van der Waals surface area contributed by atoms with Gasteiger partial charge >= 0.3 is 0 Å². The summed E-state index contributed by atoms with van der Waals surface area (Å²) in [6.45, 7) is 0. The number of nitro benzene ring substituents is 1. The van der Waals surface area contributed by atoms with Gasteiger partial charge in [-0.05, 0) is 42.2 Å². The average Bonchev–Trinajstić information content (AvgIpc) is 3.39. The minimum atomic E-state index is -0.467. The van der Waals surface area contributed by atoms with E-state index in [1.165, 1.54) is 18.3 Å². The number of hydrazone groups is 1. The fraction of sp³-hybridized carbons (Fsp3) is 0.318. The molecule has 4 aliphatic carbocycles. The molecular formula is C22H17N3O5. The van der Waals surface area contributed by atoms with Crippen molar-refractivity contribution in [1.29, 1.82) is 0 Å². The van der Waals surface area contributed by atoms with Crippen LogP contribution in [0.25, 0.3) is 11.3 Å². The van der Waals surface area contributed by atoms with E-state index in [2.05, 4.69) is 17.3 Å². The summed E-state index contributed by atoms with van der Waals surface area (Å²) in [7, 11) is 0. The average molecular weight is 403 g/mol. The summed E-state index contributed by atoms with van der Waals surface area (Å²) < 4.78 is 5.70. The van der Waals surface area contributed by atoms with Gasteiger partial charge < -0.3 is 4.42 Å². The molecule has 0 radical (unpaired) electrons. The molecule has 2 aromatic rings. The minimum absolute atomic E-state index is 0.0312. The highest BCUT2D eigenvalue weighted by molar-refractivity contribution is 6.06. The summed E-state index contributed by atoms with van der Waals surface area (Å²) in [4.78, 5) is 36.3. The normalized spacial score (nSPS) is 33.3. The zero-order chi connectivity index (χ0) is 20.6. The Morgan fingerprint density at radius 3 is 2.43 bits per heavy atom. The maximum atomic E-state index is 12.9. The van der Waals surface area contributed by atoms with Crippen molar-refractivity contribution >= 4 is 23.7 Å². The van der Waals surface area contributed by atoms with Crippen LogP contribution >= 0.6 is 0 Å². The Bertz CT molecular complexity index is 1130. The van der Waals surface area contributed by atoms with Crippen LogP contribution < -0.4 is 0 Å². The second-order valence-electron chi connectivity index (χ2n) is 8.40. The first-order chi connectivity index (χ1) is 14.5. The van der Waals surface area contributed by atoms with Crippen LogP contribution in [0, 0.1) is 45.6 Å². The molecule has 0 spiro atoms. The van der Waals surface area contributed by atoms with E-state index in [-0.39, 0.29) is 41.2 Å². The van der Waals surface area contributed by atoms with E-state index in [1.807, 2.05) is 0 Å². The monoisotopic (exact) mass is 403 g/mol. The van der Waals surface area contributed by atoms with Gasteiger partial charge in [0.2, 0.25) is 0 Å². The quantitative estimate of drug-likeness (QED) is 0.256. The molecule has 2 bridgehead atoms. The Balaban J connectivity index is 1.24. The Morgan fingerprint density at radius 2 is 1.77 bits per heavy atom. The first-order valence-corrected chi connectivity index (χ1v) is 9.98. The molecule has 1 aliphatic heterocycles. The first kappa shape index (κ1) is 17.3. The number of furan rings is 1. The van der Waals surface area contributed by atoms with Crippen LogP contribution in [0.3, 0.4) is 0 Å². The van der Waals surface area contributed by atoms with Crippen molar-refractivity contribution in [2.45, 2.75) is 6.42 Å². The molecule has 30 heavy (non-hydrogen) atoms. The molecule has 5 aliphatic rings. The standard InChI is InChI=1S/C22H17N3O5/c26-21-19-14-5-6-15(17-9-16(14)17)20(19)22(27)24(21)23-10-13-4-7-18(30-13)11-2-1-3-12(8-11)25(28)29/h1-8,10,14-17,19-20H,9H2/b23-10+/t14-,15-,16-,17-,19-,20+/m1/s1. The molecule has 7 rings (SSSR count). The van der Waals surface area contributed by atoms with Crippen molar-refractivity contribution in [3.8, 4) is 11.3 Å². The number of non-ortho nitro benzene ring substituents is 1. The zero-order valence-electron chi connectivity index (χ0n) is 15.8. The van der Waals surface area contributed by atoms with E-state index in [4.69, 9.17) is 4.42 Å². The Hall–Kier alpha value is -3.55. The third-order valence-electron chi connectivity index (χ3n) is 6.91. The Kier molecular flexibility index (Phi) is 3.45. The lowest BCUT2D eigenvalue weighted by Gasteiger charge is -2.37. The number of carbonyl (C=O) groups is 2. The number of rotatable bonds is 4. The van der Waals surface area contributed by atoms with Crippen LogP contribution in [-0.4, -0.2) is 28.0 Å². The molecule has 8 nitrogen and oxygen atoms in total. The van der Waals surface area contributed by atoms with Crippen LogP contribution in [-0.2, 0) is 9.59 Å². The lowest BCUT2D eigenvalue weighted by molar-refractivity contribution is -0.384. The minimum Gasteiger partial charge on any atom is -0.455 e. The van der Waals surface area contributed by atoms with Crippen molar-refractivity contribution in [2.75, 3.05) is 0 Å². The third-order valence-corrected chi connectivity index (χ3v) is 6.91. The molecule has 2 heterocycles. The third kappa shape index (κ3) is 2.36. The number of hydrogen-bond donors (Lipinski definition) is 0. The highest BCUT2D eigenvalue weighted by Gasteiger charge is 2.67. The number of carbonyl (C=O) groups excluding carboxylic acids is 2. The summed E-state index contributed by atoms with van der Waals surface area (Å²) in [5.74, 6) is 1.18. The van der Waals surface area contributed by atoms with Crippen LogP contribution in [0.1, 0.15) is 12.2 Å². The van der Waals surface area contributed by atoms with E-state index >= 15 is 0 Å². The molecule has 150 valence electrons. The molecule has 1 aromatic carbocycles. The maximum absolute atomic E-state index is 12.9. The number of hydrogen-bond acceptors (Lipinski definition) is 6. The summed E-state index contributed by atoms with van der Waals surface area (Å²) in [5.41, 5.74) is 0.529. The zero-order valence-corrected chi connectivity index (χ0v) is 15.8. The Labute approximate surface area is 171 Å². The molecule has 0 N–H and O–H groups in total. The number of benzene rings is 1. The number of nitrogens with zero attached hydrogens (tertiary/aromatic N) is 3. The van der Waals surface area contributed by atoms with E-state index in [1.54, 1.807) is 24.3 Å². The Morgan fingerprint density at radius 1 is 1.07 bits per heavy atom. The van der Waals surface area contributed by atoms with E-state index in [9.17, 15) is 19.7 Å². The molecule has 1 aromatic heterocycles. The first-order valence-electron chi connectivity index (χ1n) is 9.98. The van der Waals surface area contributed by atoms with E-state index < -0.39 is 4.92 Å². The SMILES string of the molecule is O=C1[C@@H]2[C@@H]3C=C[C@H]([C@H]4C[C@H]34)[C@@H]2C(=O)N1/N=C/c1ccc(-c2cccc([N+](=O)[O-])c2)o1. The van der Waals surface area contributed by atoms with Crippen LogP contribution in [0.15, 0.2) is 58.1 Å². The number of allylic oxidation sites excluding steroid dienone is 2. The summed E-state index contributed by atoms with van der Waals surface area (Å²) in [6.07, 6.45) is 6.71. The highest BCUT2D eigenvalue weighted by Crippen LogP contribution is 2.65. The van der Waals surface area contributed by atoms with E-state index in [0.717, 1.165) is 11.4 Å². The lowest BCUT2D eigenvalue weighted by Crippen LogP contribution is -2.40. The van der Waals surface area contributed by atoms with Gasteiger partial charge in [0.05, 0.1) is 23.0 Å². The van der Waals surface area contributed by atoms with Gasteiger partial charge in [-0.2, -0.15) is 10.1 Å². The van der Waals surface area contributed by atoms with Crippen LogP contribution in [0.4, 0.5) is 5.69 Å². The molecule has 3 fully saturated rings. The van der Waals surface area contributed by atoms with Crippen molar-refractivity contribution < 1.29 is 18.9 Å². The van der Waals surface area contributed by atoms with Crippen molar-refractivity contribution in [1.82, 2.24) is 5.01 Å². The van der Waals surface area contributed by atoms with Crippen molar-refractivity contribution in [3.63, 3.8) is 0 Å². The second-order valence-corrected chi connectivity index (χ2v) is 8.40. The topological polar surface area (TPSA) is 106 Å². The van der Waals surface area contributed by atoms with E-state index in [0.29, 0.717) is 28.9 Å². The van der Waals surface area contributed by atoms with Crippen LogP contribution in [0.5, 0.6) is 0 Å². The van der Waals surface area contributed by atoms with Gasteiger partial charge in [-0.1, -0.05) is 24.3 Å². The molecule has 2 amide bonds. The molecule has 6 atom stereocenters. The predicted octanol–water partition coefficient (Wildman–Crippen LogP) is 3.24. The molecule has 1 saturated heterocycles. The molecule has 2 saturated carbocycles.